The fraction of sp³-hybridized carbons (Fsp3) is 0.462. The lowest BCUT2D eigenvalue weighted by molar-refractivity contribution is -0.145. The Balaban J connectivity index is 3.05. The topological polar surface area (TPSA) is 58.6 Å². The fourth-order valence-corrected chi connectivity index (χ4v) is 1.59. The van der Waals surface area contributed by atoms with E-state index in [0.29, 0.717) is 6.42 Å². The van der Waals surface area contributed by atoms with Crippen LogP contribution in [0.1, 0.15) is 31.9 Å². The lowest BCUT2D eigenvalue weighted by Crippen LogP contribution is -2.27. The first-order valence-corrected chi connectivity index (χ1v) is 5.85. The van der Waals surface area contributed by atoms with Crippen molar-refractivity contribution in [3.63, 3.8) is 0 Å². The number of hydrogen-bond donors (Lipinski definition) is 2. The van der Waals surface area contributed by atoms with Gasteiger partial charge in [-0.15, -0.1) is 0 Å². The highest BCUT2D eigenvalue weighted by molar-refractivity contribution is 5.72. The maximum atomic E-state index is 13.2. The lowest BCUT2D eigenvalue weighted by Gasteiger charge is -2.19. The number of carboxylic acid groups (broad SMARTS) is 1. The van der Waals surface area contributed by atoms with Gasteiger partial charge in [0.05, 0.1) is 0 Å². The Morgan fingerprint density at radius 2 is 2.22 bits per heavy atom. The second-order valence-electron chi connectivity index (χ2n) is 4.05. The third-order valence-electron chi connectivity index (χ3n) is 2.79. The maximum absolute atomic E-state index is 13.2. The molecule has 0 aromatic heterocycles. The van der Waals surface area contributed by atoms with Crippen LogP contribution >= 0.6 is 0 Å². The van der Waals surface area contributed by atoms with Gasteiger partial charge in [-0.2, -0.15) is 0 Å². The van der Waals surface area contributed by atoms with Crippen molar-refractivity contribution in [2.75, 3.05) is 7.05 Å². The van der Waals surface area contributed by atoms with Crippen LogP contribution in [-0.4, -0.2) is 24.2 Å². The summed E-state index contributed by atoms with van der Waals surface area (Å²) < 4.78 is 18.6. The van der Waals surface area contributed by atoms with Crippen molar-refractivity contribution in [2.24, 2.45) is 0 Å². The van der Waals surface area contributed by atoms with Crippen LogP contribution < -0.4 is 10.1 Å². The molecule has 0 fully saturated rings. The summed E-state index contributed by atoms with van der Waals surface area (Å²) >= 11 is 0. The summed E-state index contributed by atoms with van der Waals surface area (Å²) in [5.74, 6) is -1.23. The number of benzene rings is 1. The zero-order valence-corrected chi connectivity index (χ0v) is 10.7. The molecule has 0 radical (unpaired) electrons. The summed E-state index contributed by atoms with van der Waals surface area (Å²) in [5, 5.41) is 12.0. The molecule has 1 aromatic rings. The van der Waals surface area contributed by atoms with E-state index in [1.807, 2.05) is 6.92 Å². The van der Waals surface area contributed by atoms with Crippen LogP contribution in [0.4, 0.5) is 4.39 Å². The van der Waals surface area contributed by atoms with E-state index in [1.165, 1.54) is 12.1 Å². The highest BCUT2D eigenvalue weighted by atomic mass is 19.1. The molecule has 0 bridgehead atoms. The van der Waals surface area contributed by atoms with Crippen molar-refractivity contribution in [2.45, 2.75) is 32.4 Å². The minimum atomic E-state index is -1.05. The van der Waals surface area contributed by atoms with Crippen LogP contribution in [0.5, 0.6) is 5.75 Å². The normalized spacial score (nSPS) is 14.0. The minimum absolute atomic E-state index is 0.0492. The molecular formula is C13H18FNO3. The van der Waals surface area contributed by atoms with E-state index >= 15 is 0 Å². The van der Waals surface area contributed by atoms with Gasteiger partial charge in [-0.1, -0.05) is 13.0 Å². The summed E-state index contributed by atoms with van der Waals surface area (Å²) in [6.07, 6.45) is -0.645. The van der Waals surface area contributed by atoms with Crippen molar-refractivity contribution in [1.29, 1.82) is 0 Å². The van der Waals surface area contributed by atoms with Gasteiger partial charge in [0.1, 0.15) is 11.6 Å². The number of halogens is 1. The number of hydrogen-bond acceptors (Lipinski definition) is 3. The van der Waals surface area contributed by atoms with Crippen LogP contribution in [0, 0.1) is 5.82 Å². The molecule has 100 valence electrons. The molecule has 1 rings (SSSR count). The molecule has 2 atom stereocenters. The van der Waals surface area contributed by atoms with Gasteiger partial charge in [-0.05, 0) is 26.5 Å². The Hall–Kier alpha value is -1.62. The summed E-state index contributed by atoms with van der Waals surface area (Å²) in [5.41, 5.74) is 0.735. The monoisotopic (exact) mass is 255 g/mol. The highest BCUT2D eigenvalue weighted by Gasteiger charge is 2.20. The first-order chi connectivity index (χ1) is 8.49. The number of nitrogens with one attached hydrogen (secondary N) is 1. The van der Waals surface area contributed by atoms with Gasteiger partial charge in [0.15, 0.2) is 6.10 Å². The maximum Gasteiger partial charge on any atom is 0.344 e. The van der Waals surface area contributed by atoms with E-state index in [1.54, 1.807) is 20.0 Å². The molecule has 2 N–H and O–H groups in total. The molecule has 0 spiro atoms. The van der Waals surface area contributed by atoms with E-state index in [-0.39, 0.29) is 11.8 Å². The second-order valence-corrected chi connectivity index (χ2v) is 4.05. The number of carboxylic acids is 1. The molecule has 4 nitrogen and oxygen atoms in total. The van der Waals surface area contributed by atoms with Gasteiger partial charge in [-0.25, -0.2) is 9.18 Å². The fourth-order valence-electron chi connectivity index (χ4n) is 1.59. The largest absolute Gasteiger partial charge is 0.479 e. The second kappa shape index (κ2) is 6.35. The molecule has 0 heterocycles. The first-order valence-electron chi connectivity index (χ1n) is 5.85. The van der Waals surface area contributed by atoms with Crippen molar-refractivity contribution in [1.82, 2.24) is 5.32 Å². The molecule has 5 heteroatoms. The highest BCUT2D eigenvalue weighted by Crippen LogP contribution is 2.27. The molecule has 18 heavy (non-hydrogen) atoms. The quantitative estimate of drug-likeness (QED) is 0.819. The number of aliphatic carboxylic acids is 1. The SMILES string of the molecule is CCC(Oc1cc(F)ccc1C(C)NC)C(=O)O. The molecule has 2 unspecified atom stereocenters. The molecule has 0 amide bonds. The number of ether oxygens (including phenoxy) is 1. The molecule has 0 aliphatic heterocycles. The van der Waals surface area contributed by atoms with E-state index in [9.17, 15) is 9.18 Å². The number of rotatable bonds is 6. The average Bonchev–Trinajstić information content (AvgIpc) is 2.34. The molecule has 0 saturated heterocycles. The standard InChI is InChI=1S/C13H18FNO3/c1-4-11(13(16)17)18-12-7-9(14)5-6-10(12)8(2)15-3/h5-8,11,15H,4H2,1-3H3,(H,16,17). The summed E-state index contributed by atoms with van der Waals surface area (Å²) in [6.45, 7) is 3.60. The van der Waals surface area contributed by atoms with Gasteiger partial charge in [0, 0.05) is 17.7 Å². The van der Waals surface area contributed by atoms with Crippen LogP contribution in [0.15, 0.2) is 18.2 Å². The molecule has 0 aliphatic carbocycles. The van der Waals surface area contributed by atoms with Crippen molar-refractivity contribution in [3.8, 4) is 5.75 Å². The smallest absolute Gasteiger partial charge is 0.344 e. The Morgan fingerprint density at radius 1 is 1.56 bits per heavy atom. The summed E-state index contributed by atoms with van der Waals surface area (Å²) in [4.78, 5) is 10.9. The van der Waals surface area contributed by atoms with E-state index in [2.05, 4.69) is 5.32 Å². The first kappa shape index (κ1) is 14.4. The van der Waals surface area contributed by atoms with Crippen LogP contribution in [0.3, 0.4) is 0 Å². The molecule has 1 aromatic carbocycles. The third-order valence-corrected chi connectivity index (χ3v) is 2.79. The Bertz CT molecular complexity index is 423. The lowest BCUT2D eigenvalue weighted by atomic mass is 10.1. The van der Waals surface area contributed by atoms with E-state index < -0.39 is 17.9 Å². The average molecular weight is 255 g/mol. The zero-order chi connectivity index (χ0) is 13.7. The molecule has 0 saturated carbocycles. The predicted molar refractivity (Wildman–Crippen MR) is 66.2 cm³/mol. The summed E-state index contributed by atoms with van der Waals surface area (Å²) in [6, 6.07) is 4.10. The van der Waals surface area contributed by atoms with Gasteiger partial charge in [0.25, 0.3) is 0 Å². The van der Waals surface area contributed by atoms with Crippen LogP contribution in [0.25, 0.3) is 0 Å². The Kier molecular flexibility index (Phi) is 5.09. The van der Waals surface area contributed by atoms with Crippen molar-refractivity contribution in [3.05, 3.63) is 29.6 Å². The van der Waals surface area contributed by atoms with Crippen LogP contribution in [-0.2, 0) is 4.79 Å². The molecule has 0 aliphatic rings. The van der Waals surface area contributed by atoms with E-state index in [0.717, 1.165) is 5.56 Å². The zero-order valence-electron chi connectivity index (χ0n) is 10.7. The van der Waals surface area contributed by atoms with Crippen molar-refractivity contribution < 1.29 is 19.0 Å². The van der Waals surface area contributed by atoms with Crippen molar-refractivity contribution >= 4 is 5.97 Å². The van der Waals surface area contributed by atoms with Gasteiger partial charge >= 0.3 is 5.97 Å². The number of carbonyl (C=O) groups is 1. The van der Waals surface area contributed by atoms with Gasteiger partial charge < -0.3 is 15.2 Å². The van der Waals surface area contributed by atoms with E-state index in [4.69, 9.17) is 9.84 Å². The minimum Gasteiger partial charge on any atom is -0.479 e. The summed E-state index contributed by atoms with van der Waals surface area (Å²) in [7, 11) is 1.77. The Labute approximate surface area is 106 Å². The predicted octanol–water partition coefficient (Wildman–Crippen LogP) is 2.35. The van der Waals surface area contributed by atoms with Gasteiger partial charge in [-0.3, -0.25) is 0 Å². The third kappa shape index (κ3) is 3.43. The Morgan fingerprint density at radius 3 is 2.72 bits per heavy atom. The van der Waals surface area contributed by atoms with Crippen LogP contribution in [0.2, 0.25) is 0 Å². The van der Waals surface area contributed by atoms with Gasteiger partial charge in [0.2, 0.25) is 0 Å². The molecular weight excluding hydrogens is 237 g/mol.